The van der Waals surface area contributed by atoms with Gasteiger partial charge < -0.3 is 9.72 Å². The van der Waals surface area contributed by atoms with Crippen LogP contribution >= 0.6 is 0 Å². The molecule has 2 aliphatic carbocycles. The maximum Gasteiger partial charge on any atom is 0.102 e. The molecule has 112 valence electrons. The molecule has 0 spiro atoms. The summed E-state index contributed by atoms with van der Waals surface area (Å²) in [6, 6.07) is 0. The Labute approximate surface area is 123 Å². The van der Waals surface area contributed by atoms with Crippen molar-refractivity contribution in [2.45, 2.75) is 59.5 Å². The van der Waals surface area contributed by atoms with Crippen LogP contribution in [0.25, 0.3) is 11.6 Å². The van der Waals surface area contributed by atoms with Crippen molar-refractivity contribution in [2.24, 2.45) is 11.8 Å². The molecule has 2 heterocycles. The lowest BCUT2D eigenvalue weighted by Gasteiger charge is -2.30. The Bertz CT molecular complexity index is 641. The van der Waals surface area contributed by atoms with Crippen LogP contribution in [-0.4, -0.2) is 11.6 Å². The molecule has 0 bridgehead atoms. The fourth-order valence-corrected chi connectivity index (χ4v) is 3.88. The maximum atomic E-state index is 5.92. The van der Waals surface area contributed by atoms with Gasteiger partial charge in [0, 0.05) is 6.78 Å². The highest BCUT2D eigenvalue weighted by Crippen LogP contribution is 2.48. The molecular formula is C18H29NO. The molecule has 0 aromatic carbocycles. The van der Waals surface area contributed by atoms with Gasteiger partial charge in [-0.25, -0.2) is 0 Å². The zero-order valence-corrected chi connectivity index (χ0v) is 13.5. The van der Waals surface area contributed by atoms with Crippen LogP contribution in [0.15, 0.2) is 0 Å². The number of fused-ring (bicyclic) bond motifs is 4. The van der Waals surface area contributed by atoms with Crippen molar-refractivity contribution in [1.29, 1.82) is 0 Å². The van der Waals surface area contributed by atoms with Crippen LogP contribution in [0, 0.1) is 11.8 Å². The molecule has 0 amide bonds. The molecule has 20 heavy (non-hydrogen) atoms. The second-order valence-electron chi connectivity index (χ2n) is 6.43. The van der Waals surface area contributed by atoms with E-state index in [0.29, 0.717) is 0 Å². The molecule has 3 aliphatic rings. The first-order valence-corrected chi connectivity index (χ1v) is 8.22. The van der Waals surface area contributed by atoms with Crippen molar-refractivity contribution in [3.8, 4) is 0 Å². The Kier molecular flexibility index (Phi) is 3.32. The van der Waals surface area contributed by atoms with E-state index >= 15 is 0 Å². The first-order valence-electron chi connectivity index (χ1n) is 8.22. The van der Waals surface area contributed by atoms with Gasteiger partial charge in [-0.3, -0.25) is 0 Å². The minimum atomic E-state index is -0.151. The van der Waals surface area contributed by atoms with E-state index in [-0.39, 0.29) is 7.03 Å². The molecule has 1 fully saturated rings. The second kappa shape index (κ2) is 4.77. The third-order valence-electron chi connectivity index (χ3n) is 4.93. The largest absolute Gasteiger partial charge is 0.369 e. The fourth-order valence-electron chi connectivity index (χ4n) is 3.88. The molecule has 1 aliphatic heterocycles. The minimum Gasteiger partial charge on any atom is -0.369 e. The fraction of sp³-hybridized carbons (Fsp3) is 0.667. The van der Waals surface area contributed by atoms with Gasteiger partial charge in [-0.1, -0.05) is 26.8 Å². The lowest BCUT2D eigenvalue weighted by molar-refractivity contribution is -0.0344. The van der Waals surface area contributed by atoms with E-state index in [0.717, 1.165) is 24.9 Å². The van der Waals surface area contributed by atoms with Gasteiger partial charge in [-0.15, -0.1) is 0 Å². The molecule has 0 radical (unpaired) electrons. The van der Waals surface area contributed by atoms with Gasteiger partial charge in [0.15, 0.2) is 0 Å². The number of nitrogens with one attached hydrogen (secondary N) is 1. The Morgan fingerprint density at radius 2 is 2.15 bits per heavy atom. The number of rotatable bonds is 1. The molecule has 1 aromatic heterocycles. The quantitative estimate of drug-likeness (QED) is 0.837. The molecule has 2 atom stereocenters. The summed E-state index contributed by atoms with van der Waals surface area (Å²) in [6.45, 7) is 11.5. The monoisotopic (exact) mass is 275 g/mol. The molecule has 2 unspecified atom stereocenters. The van der Waals surface area contributed by atoms with E-state index in [1.807, 2.05) is 13.8 Å². The van der Waals surface area contributed by atoms with Gasteiger partial charge in [0.2, 0.25) is 0 Å². The van der Waals surface area contributed by atoms with E-state index < -0.39 is 0 Å². The summed E-state index contributed by atoms with van der Waals surface area (Å²) < 4.78 is 5.92. The highest BCUT2D eigenvalue weighted by molar-refractivity contribution is 5.61. The first-order chi connectivity index (χ1) is 9.62. The van der Waals surface area contributed by atoms with Crippen molar-refractivity contribution in [3.05, 3.63) is 21.8 Å². The molecule has 1 saturated carbocycles. The summed E-state index contributed by atoms with van der Waals surface area (Å²) in [5, 5.41) is 2.94. The average molecular weight is 275 g/mol. The predicted molar refractivity (Wildman–Crippen MR) is 85.9 cm³/mol. The number of aromatic nitrogens is 1. The predicted octanol–water partition coefficient (Wildman–Crippen LogP) is 3.09. The van der Waals surface area contributed by atoms with Crippen molar-refractivity contribution < 1.29 is 6.16 Å². The van der Waals surface area contributed by atoms with Gasteiger partial charge in [0.1, 0.15) is 5.60 Å². The topological polar surface area (TPSA) is 25.0 Å². The van der Waals surface area contributed by atoms with E-state index in [1.165, 1.54) is 34.7 Å². The highest BCUT2D eigenvalue weighted by Gasteiger charge is 2.41. The first kappa shape index (κ1) is 13.9. The summed E-state index contributed by atoms with van der Waals surface area (Å²) in [6.07, 6.45) is 6.15. The van der Waals surface area contributed by atoms with Crippen LogP contribution < -0.4 is 10.6 Å². The van der Waals surface area contributed by atoms with Gasteiger partial charge >= 0.3 is 0 Å². The van der Waals surface area contributed by atoms with Crippen molar-refractivity contribution >= 4 is 11.6 Å². The molecule has 2 heteroatoms. The standard InChI is InChI=1S/C16H21NO.C2H6.H2/c1-4-10-12-7-9(12)8-13-11-5-6-18-16(2,3)15(11)17-14(10)13;1-2;/h8-9,12,17H,4-7H2,1-3H3;1-2H3;1H. The highest BCUT2D eigenvalue weighted by atomic mass is 16.5. The summed E-state index contributed by atoms with van der Waals surface area (Å²) in [5.74, 6) is 1.67. The Morgan fingerprint density at radius 1 is 1.40 bits per heavy atom. The summed E-state index contributed by atoms with van der Waals surface area (Å²) in [5.41, 5.74) is 4.35. The van der Waals surface area contributed by atoms with Crippen LogP contribution in [0.1, 0.15) is 60.1 Å². The van der Waals surface area contributed by atoms with E-state index in [4.69, 9.17) is 4.74 Å². The molecule has 4 rings (SSSR count). The number of hydrogen-bond acceptors (Lipinski definition) is 1. The molecular weight excluding hydrogens is 246 g/mol. The number of ether oxygens (including phenoxy) is 1. The zero-order valence-electron chi connectivity index (χ0n) is 13.5. The molecule has 1 N–H and O–H groups in total. The zero-order chi connectivity index (χ0) is 14.5. The SMILES string of the molecule is CC.CCC1=c2[nH]c3c(c2=CC2CC12)CCOC3(C)C.[HH]. The lowest BCUT2D eigenvalue weighted by Crippen LogP contribution is -2.33. The van der Waals surface area contributed by atoms with Crippen LogP contribution in [0.2, 0.25) is 0 Å². The summed E-state index contributed by atoms with van der Waals surface area (Å²) >= 11 is 0. The molecule has 0 saturated heterocycles. The normalized spacial score (nSPS) is 28.4. The molecule has 2 nitrogen and oxygen atoms in total. The van der Waals surface area contributed by atoms with Crippen molar-refractivity contribution in [3.63, 3.8) is 0 Å². The van der Waals surface area contributed by atoms with Gasteiger partial charge in [0.05, 0.1) is 12.3 Å². The number of aromatic amines is 1. The van der Waals surface area contributed by atoms with Crippen LogP contribution in [-0.2, 0) is 16.8 Å². The average Bonchev–Trinajstić information content (AvgIpc) is 3.11. The Morgan fingerprint density at radius 3 is 2.85 bits per heavy atom. The Hall–Kier alpha value is -1.02. The van der Waals surface area contributed by atoms with Gasteiger partial charge in [-0.05, 0) is 61.3 Å². The smallest absolute Gasteiger partial charge is 0.102 e. The summed E-state index contributed by atoms with van der Waals surface area (Å²) in [7, 11) is 0. The van der Waals surface area contributed by atoms with Crippen molar-refractivity contribution in [2.75, 3.05) is 6.61 Å². The second-order valence-corrected chi connectivity index (χ2v) is 6.43. The van der Waals surface area contributed by atoms with Crippen molar-refractivity contribution in [1.82, 2.24) is 4.98 Å². The third-order valence-corrected chi connectivity index (χ3v) is 4.93. The summed E-state index contributed by atoms with van der Waals surface area (Å²) in [4.78, 5) is 3.71. The third kappa shape index (κ3) is 1.88. The van der Waals surface area contributed by atoms with Crippen LogP contribution in [0.3, 0.4) is 0 Å². The van der Waals surface area contributed by atoms with Crippen LogP contribution in [0.5, 0.6) is 0 Å². The van der Waals surface area contributed by atoms with E-state index in [1.54, 1.807) is 5.57 Å². The van der Waals surface area contributed by atoms with Gasteiger partial charge in [-0.2, -0.15) is 0 Å². The van der Waals surface area contributed by atoms with E-state index in [2.05, 4.69) is 31.8 Å². The number of H-pyrrole nitrogens is 1. The molecule has 1 aromatic rings. The van der Waals surface area contributed by atoms with Gasteiger partial charge in [0.25, 0.3) is 0 Å². The van der Waals surface area contributed by atoms with Crippen LogP contribution in [0.4, 0.5) is 0 Å². The number of hydrogen-bond donors (Lipinski definition) is 1. The lowest BCUT2D eigenvalue weighted by atomic mass is 9.94. The Balaban J connectivity index is 0.000000517. The minimum absolute atomic E-state index is 0. The maximum absolute atomic E-state index is 5.92. The van der Waals surface area contributed by atoms with E-state index in [9.17, 15) is 0 Å².